The van der Waals surface area contributed by atoms with Crippen LogP contribution in [0, 0.1) is 5.92 Å². The molecule has 0 atom stereocenters. The number of halogens is 1. The van der Waals surface area contributed by atoms with Crippen LogP contribution in [0.2, 0.25) is 0 Å². The third-order valence-electron chi connectivity index (χ3n) is 4.09. The zero-order chi connectivity index (χ0) is 14.2. The molecule has 1 aliphatic carbocycles. The average Bonchev–Trinajstić information content (AvgIpc) is 2.44. The Balaban J connectivity index is 1.83. The molecule has 1 fully saturated rings. The van der Waals surface area contributed by atoms with Crippen molar-refractivity contribution < 1.29 is 4.79 Å². The molecule has 1 aliphatic rings. The predicted molar refractivity (Wildman–Crippen MR) is 83.7 cm³/mol. The van der Waals surface area contributed by atoms with E-state index in [-0.39, 0.29) is 11.8 Å². The number of alkyl halides is 1. The summed E-state index contributed by atoms with van der Waals surface area (Å²) in [6.45, 7) is 0.611. The number of carbonyl (C=O) groups is 1. The van der Waals surface area contributed by atoms with E-state index in [0.29, 0.717) is 12.4 Å². The molecule has 0 heterocycles. The van der Waals surface area contributed by atoms with E-state index in [1.54, 1.807) is 0 Å². The molecule has 20 heavy (non-hydrogen) atoms. The second kappa shape index (κ2) is 8.31. The quantitative estimate of drug-likeness (QED) is 0.819. The zero-order valence-electron chi connectivity index (χ0n) is 12.0. The van der Waals surface area contributed by atoms with E-state index in [1.807, 2.05) is 18.2 Å². The van der Waals surface area contributed by atoms with Crippen LogP contribution >= 0.6 is 11.6 Å². The number of hydrogen-bond donors (Lipinski definition) is 1. The number of hydrogen-bond acceptors (Lipinski definition) is 1. The highest BCUT2D eigenvalue weighted by atomic mass is 35.5. The van der Waals surface area contributed by atoms with Crippen LogP contribution < -0.4 is 5.32 Å². The molecule has 0 radical (unpaired) electrons. The summed E-state index contributed by atoms with van der Waals surface area (Å²) in [6, 6.07) is 8.10. The van der Waals surface area contributed by atoms with Crippen molar-refractivity contribution in [3.05, 3.63) is 35.4 Å². The van der Waals surface area contributed by atoms with Crippen LogP contribution in [0.15, 0.2) is 24.3 Å². The van der Waals surface area contributed by atoms with E-state index in [2.05, 4.69) is 11.4 Å². The number of amides is 1. The Morgan fingerprint density at radius 3 is 2.45 bits per heavy atom. The van der Waals surface area contributed by atoms with Crippen molar-refractivity contribution in [2.24, 2.45) is 5.92 Å². The summed E-state index contributed by atoms with van der Waals surface area (Å²) in [5.41, 5.74) is 2.23. The van der Waals surface area contributed by atoms with Crippen LogP contribution in [0.3, 0.4) is 0 Å². The van der Waals surface area contributed by atoms with E-state index in [4.69, 9.17) is 11.6 Å². The predicted octanol–water partition coefficient (Wildman–Crippen LogP) is 4.40. The summed E-state index contributed by atoms with van der Waals surface area (Å²) in [5, 5.41) is 3.09. The Hall–Kier alpha value is -1.02. The van der Waals surface area contributed by atoms with E-state index < -0.39 is 0 Å². The zero-order valence-corrected chi connectivity index (χ0v) is 12.8. The van der Waals surface area contributed by atoms with Gasteiger partial charge in [0.1, 0.15) is 0 Å². The molecule has 2 nitrogen and oxygen atoms in total. The Labute approximate surface area is 126 Å². The number of carbonyl (C=O) groups excluding carboxylic acids is 1. The topological polar surface area (TPSA) is 29.1 Å². The van der Waals surface area contributed by atoms with E-state index in [0.717, 1.165) is 24.0 Å². The van der Waals surface area contributed by atoms with Gasteiger partial charge in [0.25, 0.3) is 0 Å². The Morgan fingerprint density at radius 1 is 1.10 bits per heavy atom. The van der Waals surface area contributed by atoms with Crippen LogP contribution in [0.25, 0.3) is 0 Å². The van der Waals surface area contributed by atoms with Crippen molar-refractivity contribution in [2.75, 3.05) is 0 Å². The lowest BCUT2D eigenvalue weighted by Gasteiger charge is -2.19. The second-order valence-electron chi connectivity index (χ2n) is 5.71. The van der Waals surface area contributed by atoms with Gasteiger partial charge in [-0.2, -0.15) is 0 Å². The summed E-state index contributed by atoms with van der Waals surface area (Å²) in [5.74, 6) is 0.958. The average molecular weight is 294 g/mol. The van der Waals surface area contributed by atoms with Crippen molar-refractivity contribution in [3.63, 3.8) is 0 Å². The van der Waals surface area contributed by atoms with Gasteiger partial charge < -0.3 is 5.32 Å². The summed E-state index contributed by atoms with van der Waals surface area (Å²) >= 11 is 5.83. The minimum atomic E-state index is 0.214. The maximum Gasteiger partial charge on any atom is 0.223 e. The SMILES string of the molecule is O=C(NCc1cccc(CCl)c1)C1CCCCCCC1. The molecule has 1 N–H and O–H groups in total. The van der Waals surface area contributed by atoms with Crippen LogP contribution in [0.5, 0.6) is 0 Å². The Morgan fingerprint density at radius 2 is 1.75 bits per heavy atom. The number of nitrogens with one attached hydrogen (secondary N) is 1. The molecule has 0 bridgehead atoms. The Kier molecular flexibility index (Phi) is 6.38. The maximum atomic E-state index is 12.3. The molecular formula is C17H24ClNO. The van der Waals surface area contributed by atoms with Crippen molar-refractivity contribution >= 4 is 17.5 Å². The molecule has 0 aliphatic heterocycles. The lowest BCUT2D eigenvalue weighted by atomic mass is 9.90. The molecule has 0 unspecified atom stereocenters. The molecule has 110 valence electrons. The van der Waals surface area contributed by atoms with Crippen LogP contribution in [-0.2, 0) is 17.2 Å². The highest BCUT2D eigenvalue weighted by Crippen LogP contribution is 2.22. The first-order chi connectivity index (χ1) is 9.79. The van der Waals surface area contributed by atoms with Crippen molar-refractivity contribution in [2.45, 2.75) is 57.4 Å². The van der Waals surface area contributed by atoms with Crippen LogP contribution in [0.4, 0.5) is 0 Å². The highest BCUT2D eigenvalue weighted by Gasteiger charge is 2.18. The van der Waals surface area contributed by atoms with Gasteiger partial charge in [-0.15, -0.1) is 11.6 Å². The van der Waals surface area contributed by atoms with Gasteiger partial charge in [0, 0.05) is 18.3 Å². The monoisotopic (exact) mass is 293 g/mol. The standard InChI is InChI=1S/C17H24ClNO/c18-12-14-7-6-8-15(11-14)13-19-17(20)16-9-4-2-1-3-5-10-16/h6-8,11,16H,1-5,9-10,12-13H2,(H,19,20). The van der Waals surface area contributed by atoms with E-state index in [1.165, 1.54) is 32.1 Å². The third-order valence-corrected chi connectivity index (χ3v) is 4.40. The second-order valence-corrected chi connectivity index (χ2v) is 5.98. The van der Waals surface area contributed by atoms with Gasteiger partial charge in [-0.05, 0) is 24.0 Å². The van der Waals surface area contributed by atoms with Crippen molar-refractivity contribution in [3.8, 4) is 0 Å². The molecule has 1 saturated carbocycles. The van der Waals surface area contributed by atoms with Gasteiger partial charge in [0.05, 0.1) is 0 Å². The van der Waals surface area contributed by atoms with Gasteiger partial charge in [-0.3, -0.25) is 4.79 Å². The smallest absolute Gasteiger partial charge is 0.223 e. The minimum absolute atomic E-state index is 0.214. The molecule has 0 spiro atoms. The molecule has 0 aromatic heterocycles. The molecule has 1 aromatic rings. The molecule has 1 aromatic carbocycles. The number of benzene rings is 1. The first kappa shape index (κ1) is 15.4. The largest absolute Gasteiger partial charge is 0.352 e. The van der Waals surface area contributed by atoms with Gasteiger partial charge >= 0.3 is 0 Å². The normalized spacial score (nSPS) is 17.2. The van der Waals surface area contributed by atoms with E-state index >= 15 is 0 Å². The summed E-state index contributed by atoms with van der Waals surface area (Å²) in [6.07, 6.45) is 8.38. The highest BCUT2D eigenvalue weighted by molar-refractivity contribution is 6.17. The van der Waals surface area contributed by atoms with Crippen molar-refractivity contribution in [1.82, 2.24) is 5.32 Å². The summed E-state index contributed by atoms with van der Waals surface area (Å²) < 4.78 is 0. The van der Waals surface area contributed by atoms with Crippen LogP contribution in [-0.4, -0.2) is 5.91 Å². The Bertz CT molecular complexity index is 425. The van der Waals surface area contributed by atoms with E-state index in [9.17, 15) is 4.79 Å². The van der Waals surface area contributed by atoms with Gasteiger partial charge in [-0.25, -0.2) is 0 Å². The fourth-order valence-electron chi connectivity index (χ4n) is 2.87. The van der Waals surface area contributed by atoms with Crippen molar-refractivity contribution in [1.29, 1.82) is 0 Å². The van der Waals surface area contributed by atoms with Gasteiger partial charge in [-0.1, -0.05) is 56.4 Å². The maximum absolute atomic E-state index is 12.3. The summed E-state index contributed by atoms with van der Waals surface area (Å²) in [4.78, 5) is 12.3. The fourth-order valence-corrected chi connectivity index (χ4v) is 3.04. The fraction of sp³-hybridized carbons (Fsp3) is 0.588. The molecule has 2 rings (SSSR count). The lowest BCUT2D eigenvalue weighted by Crippen LogP contribution is -2.30. The minimum Gasteiger partial charge on any atom is -0.352 e. The molecular weight excluding hydrogens is 270 g/mol. The third kappa shape index (κ3) is 4.82. The van der Waals surface area contributed by atoms with Crippen LogP contribution in [0.1, 0.15) is 56.1 Å². The molecule has 3 heteroatoms. The lowest BCUT2D eigenvalue weighted by molar-refractivity contribution is -0.125. The molecule has 1 amide bonds. The van der Waals surface area contributed by atoms with Gasteiger partial charge in [0.15, 0.2) is 0 Å². The first-order valence-electron chi connectivity index (χ1n) is 7.71. The summed E-state index contributed by atoms with van der Waals surface area (Å²) in [7, 11) is 0. The number of rotatable bonds is 4. The van der Waals surface area contributed by atoms with Gasteiger partial charge in [0.2, 0.25) is 5.91 Å². The molecule has 0 saturated heterocycles. The first-order valence-corrected chi connectivity index (χ1v) is 8.24.